The van der Waals surface area contributed by atoms with E-state index >= 15 is 0 Å². The first-order chi connectivity index (χ1) is 15.0. The van der Waals surface area contributed by atoms with Gasteiger partial charge in [0.25, 0.3) is 5.69 Å². The van der Waals surface area contributed by atoms with Crippen molar-refractivity contribution in [3.8, 4) is 22.4 Å². The summed E-state index contributed by atoms with van der Waals surface area (Å²) in [6, 6.07) is 15.0. The number of halogens is 1. The molecule has 2 aromatic heterocycles. The first-order valence-electron chi connectivity index (χ1n) is 9.62. The number of nitrogens with zero attached hydrogens (tertiary/aromatic N) is 3. The van der Waals surface area contributed by atoms with Gasteiger partial charge in [-0.1, -0.05) is 36.9 Å². The third-order valence-corrected chi connectivity index (χ3v) is 5.02. The van der Waals surface area contributed by atoms with E-state index < -0.39 is 4.92 Å². The molecule has 0 atom stereocenters. The van der Waals surface area contributed by atoms with Crippen LogP contribution in [0.4, 0.5) is 10.1 Å². The van der Waals surface area contributed by atoms with Crippen molar-refractivity contribution in [2.24, 2.45) is 0 Å². The lowest BCUT2D eigenvalue weighted by atomic mass is 9.91. The Balaban J connectivity index is 2.10. The second kappa shape index (κ2) is 8.28. The van der Waals surface area contributed by atoms with Crippen molar-refractivity contribution in [2.45, 2.75) is 6.92 Å². The first kappa shape index (κ1) is 20.1. The summed E-state index contributed by atoms with van der Waals surface area (Å²) in [5, 5.41) is 12.3. The van der Waals surface area contributed by atoms with E-state index in [4.69, 9.17) is 0 Å². The van der Waals surface area contributed by atoms with Gasteiger partial charge in [-0.25, -0.2) is 14.4 Å². The fourth-order valence-electron chi connectivity index (χ4n) is 3.67. The number of allylic oxidation sites excluding steroid dienone is 1. The molecule has 0 saturated carbocycles. The molecule has 0 N–H and O–H groups in total. The van der Waals surface area contributed by atoms with Gasteiger partial charge in [0.2, 0.25) is 0 Å². The zero-order valence-electron chi connectivity index (χ0n) is 16.7. The Morgan fingerprint density at radius 2 is 1.84 bits per heavy atom. The molecule has 0 aliphatic heterocycles. The van der Waals surface area contributed by atoms with Crippen LogP contribution in [-0.2, 0) is 0 Å². The van der Waals surface area contributed by atoms with Gasteiger partial charge >= 0.3 is 0 Å². The maximum Gasteiger partial charge on any atom is 0.277 e. The van der Waals surface area contributed by atoms with Crippen LogP contribution in [0.2, 0.25) is 0 Å². The van der Waals surface area contributed by atoms with Crippen LogP contribution in [0, 0.1) is 15.9 Å². The molecule has 0 aliphatic rings. The number of hydrogen-bond donors (Lipinski definition) is 0. The normalized spacial score (nSPS) is 11.2. The third-order valence-electron chi connectivity index (χ3n) is 5.02. The molecule has 0 amide bonds. The number of benzene rings is 2. The topological polar surface area (TPSA) is 68.9 Å². The first-order valence-corrected chi connectivity index (χ1v) is 9.62. The molecule has 6 heteroatoms. The summed E-state index contributed by atoms with van der Waals surface area (Å²) >= 11 is 0. The molecular formula is C25H18FN3O2. The van der Waals surface area contributed by atoms with Crippen LogP contribution in [-0.4, -0.2) is 14.9 Å². The van der Waals surface area contributed by atoms with E-state index in [1.807, 2.05) is 25.1 Å². The second-order valence-corrected chi connectivity index (χ2v) is 6.83. The Kier molecular flexibility index (Phi) is 5.37. The Morgan fingerprint density at radius 3 is 2.55 bits per heavy atom. The number of hydrogen-bond acceptors (Lipinski definition) is 4. The van der Waals surface area contributed by atoms with Crippen molar-refractivity contribution in [1.29, 1.82) is 0 Å². The van der Waals surface area contributed by atoms with Crippen molar-refractivity contribution in [1.82, 2.24) is 9.97 Å². The van der Waals surface area contributed by atoms with Crippen molar-refractivity contribution in [2.75, 3.05) is 0 Å². The summed E-state index contributed by atoms with van der Waals surface area (Å²) in [6.45, 7) is 5.62. The zero-order valence-corrected chi connectivity index (χ0v) is 16.7. The molecule has 0 saturated heterocycles. The maximum absolute atomic E-state index is 14.5. The summed E-state index contributed by atoms with van der Waals surface area (Å²) in [4.78, 5) is 20.0. The van der Waals surface area contributed by atoms with E-state index in [1.54, 1.807) is 42.6 Å². The average molecular weight is 411 g/mol. The molecular weight excluding hydrogens is 393 g/mol. The lowest BCUT2D eigenvalue weighted by molar-refractivity contribution is -0.385. The standard InChI is InChI=1S/C25H18FN3O2/c1-3-8-17-16(4-2)24(29(30)31)13-12-18(17)21-15-23(20-9-5-6-11-22(20)26)28-25-19(21)10-7-14-27-25/h3-15H,2H2,1H3/b8-3-. The molecule has 152 valence electrons. The maximum atomic E-state index is 14.5. The Morgan fingerprint density at radius 1 is 1.03 bits per heavy atom. The highest BCUT2D eigenvalue weighted by Crippen LogP contribution is 2.38. The molecule has 0 aliphatic carbocycles. The summed E-state index contributed by atoms with van der Waals surface area (Å²) in [5.41, 5.74) is 3.79. The van der Waals surface area contributed by atoms with E-state index in [0.717, 1.165) is 16.5 Å². The summed E-state index contributed by atoms with van der Waals surface area (Å²) in [5.74, 6) is -0.389. The van der Waals surface area contributed by atoms with Crippen molar-refractivity contribution in [3.05, 3.63) is 101 Å². The summed E-state index contributed by atoms with van der Waals surface area (Å²) in [7, 11) is 0. The predicted octanol–water partition coefficient (Wildman–Crippen LogP) is 6.69. The molecule has 5 nitrogen and oxygen atoms in total. The summed E-state index contributed by atoms with van der Waals surface area (Å²) < 4.78 is 14.5. The van der Waals surface area contributed by atoms with Crippen LogP contribution >= 0.6 is 0 Å². The number of pyridine rings is 2. The van der Waals surface area contributed by atoms with E-state index in [2.05, 4.69) is 16.5 Å². The molecule has 0 fully saturated rings. The SMILES string of the molecule is C=Cc1c([N+](=O)[O-])ccc(-c2cc(-c3ccccc3F)nc3ncccc23)c1/C=C\C. The fraction of sp³-hybridized carbons (Fsp3) is 0.0400. The minimum Gasteiger partial charge on any atom is -0.258 e. The van der Waals surface area contributed by atoms with Crippen LogP contribution in [0.3, 0.4) is 0 Å². The highest BCUT2D eigenvalue weighted by molar-refractivity contribution is 5.98. The monoisotopic (exact) mass is 411 g/mol. The van der Waals surface area contributed by atoms with Crippen LogP contribution in [0.25, 0.3) is 45.6 Å². The predicted molar refractivity (Wildman–Crippen MR) is 122 cm³/mol. The largest absolute Gasteiger partial charge is 0.277 e. The van der Waals surface area contributed by atoms with Gasteiger partial charge in [-0.2, -0.15) is 0 Å². The molecule has 4 aromatic rings. The van der Waals surface area contributed by atoms with Crippen LogP contribution in [0.15, 0.2) is 73.4 Å². The third kappa shape index (κ3) is 3.59. The Bertz CT molecular complexity index is 1360. The summed E-state index contributed by atoms with van der Waals surface area (Å²) in [6.07, 6.45) is 6.73. The van der Waals surface area contributed by atoms with E-state index in [9.17, 15) is 14.5 Å². The second-order valence-electron chi connectivity index (χ2n) is 6.83. The number of fused-ring (bicyclic) bond motifs is 1. The Hall–Kier alpha value is -4.19. The van der Waals surface area contributed by atoms with E-state index in [0.29, 0.717) is 28.0 Å². The van der Waals surface area contributed by atoms with Crippen molar-refractivity contribution in [3.63, 3.8) is 0 Å². The highest BCUT2D eigenvalue weighted by Gasteiger charge is 2.20. The van der Waals surface area contributed by atoms with Gasteiger partial charge in [0.15, 0.2) is 5.65 Å². The Labute approximate surface area is 178 Å². The van der Waals surface area contributed by atoms with Gasteiger partial charge in [0.1, 0.15) is 5.82 Å². The smallest absolute Gasteiger partial charge is 0.258 e. The number of aromatic nitrogens is 2. The van der Waals surface area contributed by atoms with Crippen LogP contribution in [0.1, 0.15) is 18.1 Å². The van der Waals surface area contributed by atoms with Gasteiger partial charge in [0, 0.05) is 23.2 Å². The number of nitro groups is 1. The van der Waals surface area contributed by atoms with Crippen LogP contribution in [0.5, 0.6) is 0 Å². The van der Waals surface area contributed by atoms with Gasteiger partial charge in [-0.3, -0.25) is 10.1 Å². The molecule has 4 rings (SSSR count). The van der Waals surface area contributed by atoms with Crippen molar-refractivity contribution < 1.29 is 9.31 Å². The lowest BCUT2D eigenvalue weighted by Crippen LogP contribution is -1.98. The quantitative estimate of drug-likeness (QED) is 0.271. The molecule has 0 radical (unpaired) electrons. The van der Waals surface area contributed by atoms with Gasteiger partial charge in [-0.15, -0.1) is 0 Å². The number of nitro benzene ring substituents is 1. The highest BCUT2D eigenvalue weighted by atomic mass is 19.1. The van der Waals surface area contributed by atoms with E-state index in [-0.39, 0.29) is 11.5 Å². The zero-order chi connectivity index (χ0) is 22.0. The van der Waals surface area contributed by atoms with E-state index in [1.165, 1.54) is 18.2 Å². The van der Waals surface area contributed by atoms with Crippen molar-refractivity contribution >= 4 is 28.9 Å². The average Bonchev–Trinajstić information content (AvgIpc) is 2.78. The molecule has 0 bridgehead atoms. The van der Waals surface area contributed by atoms with Gasteiger partial charge < -0.3 is 0 Å². The minimum atomic E-state index is -0.426. The fourth-order valence-corrected chi connectivity index (χ4v) is 3.67. The molecule has 2 heterocycles. The number of rotatable bonds is 5. The minimum absolute atomic E-state index is 0.0299. The molecule has 0 spiro atoms. The van der Waals surface area contributed by atoms with Gasteiger partial charge in [-0.05, 0) is 60.0 Å². The molecule has 2 aromatic carbocycles. The molecule has 0 unspecified atom stereocenters. The molecule has 31 heavy (non-hydrogen) atoms. The van der Waals surface area contributed by atoms with Crippen LogP contribution < -0.4 is 0 Å². The lowest BCUT2D eigenvalue weighted by Gasteiger charge is -2.14. The van der Waals surface area contributed by atoms with Gasteiger partial charge in [0.05, 0.1) is 16.2 Å².